The van der Waals surface area contributed by atoms with Gasteiger partial charge in [-0.2, -0.15) is 0 Å². The molecule has 2 aliphatic rings. The summed E-state index contributed by atoms with van der Waals surface area (Å²) in [7, 11) is 0. The Morgan fingerprint density at radius 3 is 2.83 bits per heavy atom. The van der Waals surface area contributed by atoms with Gasteiger partial charge in [-0.05, 0) is 36.8 Å². The molecule has 0 amide bonds. The molecule has 1 aromatic carbocycles. The zero-order valence-corrected chi connectivity index (χ0v) is 16.9. The van der Waals surface area contributed by atoms with Crippen molar-refractivity contribution in [1.82, 2.24) is 15.3 Å². The van der Waals surface area contributed by atoms with Crippen molar-refractivity contribution in [2.75, 3.05) is 42.9 Å². The maximum Gasteiger partial charge on any atom is 0.137 e. The highest BCUT2D eigenvalue weighted by molar-refractivity contribution is 6.37. The van der Waals surface area contributed by atoms with Gasteiger partial charge in [-0.15, -0.1) is 0 Å². The van der Waals surface area contributed by atoms with E-state index in [1.54, 1.807) is 24.4 Å². The van der Waals surface area contributed by atoms with E-state index in [1.165, 1.54) is 0 Å². The summed E-state index contributed by atoms with van der Waals surface area (Å²) >= 11 is 0. The maximum absolute atomic E-state index is 9.57. The van der Waals surface area contributed by atoms with Crippen molar-refractivity contribution in [3.63, 3.8) is 0 Å². The van der Waals surface area contributed by atoms with Crippen LogP contribution < -0.4 is 15.5 Å². The molecular formula is C22H25N7O. The molecule has 154 valence electrons. The topological polar surface area (TPSA) is 98.0 Å². The first kappa shape index (κ1) is 19.8. The molecule has 3 N–H and O–H groups in total. The van der Waals surface area contributed by atoms with Crippen LogP contribution in [0.25, 0.3) is 6.08 Å². The minimum Gasteiger partial charge on any atom is -0.508 e. The van der Waals surface area contributed by atoms with Crippen molar-refractivity contribution in [1.29, 1.82) is 0 Å². The van der Waals surface area contributed by atoms with E-state index >= 15 is 0 Å². The Balaban J connectivity index is 1.43. The second-order valence-electron chi connectivity index (χ2n) is 7.06. The molecule has 0 atom stereocenters. The Labute approximate surface area is 175 Å². The molecule has 0 saturated carbocycles. The lowest BCUT2D eigenvalue weighted by atomic mass is 10.2. The second kappa shape index (κ2) is 9.32. The number of aliphatic imine (C=N–C) groups is 2. The fourth-order valence-corrected chi connectivity index (χ4v) is 3.26. The van der Waals surface area contributed by atoms with Gasteiger partial charge in [0.15, 0.2) is 0 Å². The monoisotopic (exact) mass is 403 g/mol. The molecular weight excluding hydrogens is 378 g/mol. The van der Waals surface area contributed by atoms with Crippen LogP contribution in [0.15, 0.2) is 58.3 Å². The number of phenols is 1. The summed E-state index contributed by atoms with van der Waals surface area (Å²) in [5.41, 5.74) is 1.66. The molecule has 8 heteroatoms. The number of hydrogen-bond acceptors (Lipinski definition) is 8. The largest absolute Gasteiger partial charge is 0.508 e. The standard InChI is InChI=1S/C22H25N7O/c1-16-26-21(14-22(27-16)29-11-9-23-10-12-29)28-20-7-8-24-18(15-25-20)6-5-17-3-2-4-19(30)13-17/h2-7,13-15,23,30H,8-12H2,1H3,(H,26,27,28)/b6-5+. The van der Waals surface area contributed by atoms with E-state index in [9.17, 15) is 5.11 Å². The van der Waals surface area contributed by atoms with Crippen molar-refractivity contribution >= 4 is 29.6 Å². The van der Waals surface area contributed by atoms with Crippen molar-refractivity contribution in [2.45, 2.75) is 6.92 Å². The van der Waals surface area contributed by atoms with E-state index in [4.69, 9.17) is 0 Å². The highest BCUT2D eigenvalue weighted by atomic mass is 16.3. The number of anilines is 2. The summed E-state index contributed by atoms with van der Waals surface area (Å²) in [5, 5.41) is 16.2. The van der Waals surface area contributed by atoms with Crippen LogP contribution in [-0.4, -0.2) is 59.7 Å². The summed E-state index contributed by atoms with van der Waals surface area (Å²) in [5.74, 6) is 3.30. The van der Waals surface area contributed by atoms with Gasteiger partial charge >= 0.3 is 0 Å². The van der Waals surface area contributed by atoms with Crippen LogP contribution in [0.3, 0.4) is 0 Å². The molecule has 2 aliphatic heterocycles. The SMILES string of the molecule is Cc1nc(NC2=CCN=C(/C=C/c3cccc(O)c3)C=N2)cc(N2CCNCC2)n1. The molecule has 1 fully saturated rings. The number of nitrogens with one attached hydrogen (secondary N) is 2. The molecule has 1 saturated heterocycles. The molecule has 2 aromatic rings. The number of aromatic hydroxyl groups is 1. The van der Waals surface area contributed by atoms with E-state index in [0.29, 0.717) is 12.4 Å². The van der Waals surface area contributed by atoms with E-state index in [0.717, 1.165) is 54.9 Å². The maximum atomic E-state index is 9.57. The number of nitrogens with zero attached hydrogens (tertiary/aromatic N) is 5. The van der Waals surface area contributed by atoms with Crippen LogP contribution in [0.4, 0.5) is 11.6 Å². The first-order valence-electron chi connectivity index (χ1n) is 10.00. The third-order valence-corrected chi connectivity index (χ3v) is 4.73. The number of allylic oxidation sites excluding steroid dienone is 1. The Kier molecular flexibility index (Phi) is 6.14. The van der Waals surface area contributed by atoms with Gasteiger partial charge in [0.05, 0.1) is 18.5 Å². The molecule has 0 radical (unpaired) electrons. The number of phenolic OH excluding ortho intramolecular Hbond substituents is 1. The minimum absolute atomic E-state index is 0.238. The highest BCUT2D eigenvalue weighted by Gasteiger charge is 2.14. The van der Waals surface area contributed by atoms with Crippen molar-refractivity contribution in [2.24, 2.45) is 9.98 Å². The van der Waals surface area contributed by atoms with E-state index in [-0.39, 0.29) is 5.75 Å². The molecule has 4 rings (SSSR count). The highest BCUT2D eigenvalue weighted by Crippen LogP contribution is 2.18. The average molecular weight is 403 g/mol. The smallest absolute Gasteiger partial charge is 0.137 e. The summed E-state index contributed by atoms with van der Waals surface area (Å²) in [6.07, 6.45) is 7.42. The normalized spacial score (nSPS) is 16.9. The second-order valence-corrected chi connectivity index (χ2v) is 7.06. The van der Waals surface area contributed by atoms with Gasteiger partial charge in [0.2, 0.25) is 0 Å². The molecule has 0 spiro atoms. The zero-order valence-electron chi connectivity index (χ0n) is 16.9. The molecule has 30 heavy (non-hydrogen) atoms. The van der Waals surface area contributed by atoms with Gasteiger partial charge in [0, 0.05) is 32.2 Å². The summed E-state index contributed by atoms with van der Waals surface area (Å²) in [6, 6.07) is 9.03. The lowest BCUT2D eigenvalue weighted by Gasteiger charge is -2.28. The van der Waals surface area contributed by atoms with E-state index in [2.05, 4.69) is 35.5 Å². The van der Waals surface area contributed by atoms with Crippen LogP contribution in [0.2, 0.25) is 0 Å². The fraction of sp³-hybridized carbons (Fsp3) is 0.273. The molecule has 3 heterocycles. The number of hydrogen-bond donors (Lipinski definition) is 3. The first-order chi connectivity index (χ1) is 14.7. The predicted octanol–water partition coefficient (Wildman–Crippen LogP) is 2.39. The Morgan fingerprint density at radius 1 is 1.13 bits per heavy atom. The molecule has 1 aromatic heterocycles. The molecule has 0 aliphatic carbocycles. The van der Waals surface area contributed by atoms with Crippen molar-refractivity contribution in [3.05, 3.63) is 59.7 Å². The van der Waals surface area contributed by atoms with Crippen molar-refractivity contribution in [3.8, 4) is 5.75 Å². The Bertz CT molecular complexity index is 1020. The number of rotatable bonds is 5. The van der Waals surface area contributed by atoms with E-state index < -0.39 is 0 Å². The lowest BCUT2D eigenvalue weighted by molar-refractivity contribution is 0.475. The van der Waals surface area contributed by atoms with E-state index in [1.807, 2.05) is 37.3 Å². The molecule has 8 nitrogen and oxygen atoms in total. The van der Waals surface area contributed by atoms with Gasteiger partial charge in [-0.25, -0.2) is 15.0 Å². The lowest BCUT2D eigenvalue weighted by Crippen LogP contribution is -2.44. The van der Waals surface area contributed by atoms with Gasteiger partial charge in [0.1, 0.15) is 29.0 Å². The first-order valence-corrected chi connectivity index (χ1v) is 10.00. The van der Waals surface area contributed by atoms with Gasteiger partial charge in [-0.3, -0.25) is 4.99 Å². The summed E-state index contributed by atoms with van der Waals surface area (Å²) in [6.45, 7) is 6.18. The van der Waals surface area contributed by atoms with Gasteiger partial charge in [0.25, 0.3) is 0 Å². The Hall–Kier alpha value is -3.52. The fourth-order valence-electron chi connectivity index (χ4n) is 3.26. The van der Waals surface area contributed by atoms with Crippen LogP contribution in [0.5, 0.6) is 5.75 Å². The predicted molar refractivity (Wildman–Crippen MR) is 121 cm³/mol. The zero-order chi connectivity index (χ0) is 20.8. The quantitative estimate of drug-likeness (QED) is 0.709. The Morgan fingerprint density at radius 2 is 2.00 bits per heavy atom. The summed E-state index contributed by atoms with van der Waals surface area (Å²) in [4.78, 5) is 20.4. The van der Waals surface area contributed by atoms with Gasteiger partial charge in [-0.1, -0.05) is 18.2 Å². The average Bonchev–Trinajstić information content (AvgIpc) is 2.98. The molecule has 0 unspecified atom stereocenters. The van der Waals surface area contributed by atoms with Crippen LogP contribution in [0.1, 0.15) is 11.4 Å². The van der Waals surface area contributed by atoms with Crippen LogP contribution >= 0.6 is 0 Å². The number of aromatic nitrogens is 2. The number of piperazine rings is 1. The van der Waals surface area contributed by atoms with Crippen molar-refractivity contribution < 1.29 is 5.11 Å². The third-order valence-electron chi connectivity index (χ3n) is 4.73. The minimum atomic E-state index is 0.238. The number of aryl methyl sites for hydroxylation is 1. The molecule has 0 bridgehead atoms. The number of benzene rings is 1. The third kappa shape index (κ3) is 5.30. The van der Waals surface area contributed by atoms with Gasteiger partial charge < -0.3 is 20.6 Å². The van der Waals surface area contributed by atoms with Crippen LogP contribution in [0, 0.1) is 6.92 Å². The van der Waals surface area contributed by atoms with Crippen LogP contribution in [-0.2, 0) is 0 Å². The summed E-state index contributed by atoms with van der Waals surface area (Å²) < 4.78 is 0.